The van der Waals surface area contributed by atoms with Crippen molar-refractivity contribution in [3.05, 3.63) is 35.9 Å². The molecular weight excluding hydrogens is 288 g/mol. The summed E-state index contributed by atoms with van der Waals surface area (Å²) in [5, 5.41) is 11.3. The second-order valence-electron chi connectivity index (χ2n) is 4.85. The first-order chi connectivity index (χ1) is 10.3. The fraction of sp³-hybridized carbons (Fsp3) is 0.357. The first-order valence-corrected chi connectivity index (χ1v) is 7.56. The zero-order chi connectivity index (χ0) is 14.7. The van der Waals surface area contributed by atoms with E-state index < -0.39 is 0 Å². The standard InChI is InChI=1S/C14H16N4O2S/c1-20-14-17-16-12(21-14)15-13(19)18-8-7-11(9-18)10-5-3-2-4-6-10/h2-6,11H,7-9H2,1H3,(H,15,16,19)/t11-/m1/s1. The fourth-order valence-electron chi connectivity index (χ4n) is 2.46. The van der Waals surface area contributed by atoms with Crippen molar-refractivity contribution in [3.8, 4) is 5.19 Å². The third kappa shape index (κ3) is 3.13. The van der Waals surface area contributed by atoms with Gasteiger partial charge in [0.25, 0.3) is 5.19 Å². The van der Waals surface area contributed by atoms with Gasteiger partial charge in [-0.1, -0.05) is 35.4 Å². The van der Waals surface area contributed by atoms with Crippen molar-refractivity contribution >= 4 is 22.5 Å². The average molecular weight is 304 g/mol. The van der Waals surface area contributed by atoms with E-state index in [1.54, 1.807) is 0 Å². The Morgan fingerprint density at radius 3 is 2.90 bits per heavy atom. The summed E-state index contributed by atoms with van der Waals surface area (Å²) in [6, 6.07) is 10.2. The molecule has 1 saturated heterocycles. The molecule has 1 aliphatic heterocycles. The Morgan fingerprint density at radius 1 is 1.38 bits per heavy atom. The molecule has 1 aliphatic rings. The van der Waals surface area contributed by atoms with Gasteiger partial charge in [0.15, 0.2) is 0 Å². The summed E-state index contributed by atoms with van der Waals surface area (Å²) in [5.41, 5.74) is 1.28. The summed E-state index contributed by atoms with van der Waals surface area (Å²) in [6.07, 6.45) is 0.983. The molecule has 0 spiro atoms. The van der Waals surface area contributed by atoms with Gasteiger partial charge in [0.1, 0.15) is 0 Å². The predicted molar refractivity (Wildman–Crippen MR) is 80.9 cm³/mol. The van der Waals surface area contributed by atoms with Crippen LogP contribution < -0.4 is 10.1 Å². The average Bonchev–Trinajstić information content (AvgIpc) is 3.17. The minimum atomic E-state index is -0.132. The topological polar surface area (TPSA) is 67.4 Å². The molecule has 3 rings (SSSR count). The summed E-state index contributed by atoms with van der Waals surface area (Å²) in [5.74, 6) is 0.404. The smallest absolute Gasteiger partial charge is 0.323 e. The van der Waals surface area contributed by atoms with Crippen LogP contribution in [0.15, 0.2) is 30.3 Å². The maximum absolute atomic E-state index is 12.2. The first-order valence-electron chi connectivity index (χ1n) is 6.74. The lowest BCUT2D eigenvalue weighted by Crippen LogP contribution is -2.32. The highest BCUT2D eigenvalue weighted by molar-refractivity contribution is 7.17. The van der Waals surface area contributed by atoms with Gasteiger partial charge in [-0.3, -0.25) is 5.32 Å². The third-order valence-corrected chi connectivity index (χ3v) is 4.34. The summed E-state index contributed by atoms with van der Waals surface area (Å²) >= 11 is 1.21. The molecule has 110 valence electrons. The number of benzene rings is 1. The van der Waals surface area contributed by atoms with Gasteiger partial charge >= 0.3 is 6.03 Å². The monoisotopic (exact) mass is 304 g/mol. The van der Waals surface area contributed by atoms with Crippen molar-refractivity contribution in [1.29, 1.82) is 0 Å². The Bertz CT molecular complexity index is 616. The van der Waals surface area contributed by atoms with Crippen LogP contribution in [0, 0.1) is 0 Å². The van der Waals surface area contributed by atoms with Crippen molar-refractivity contribution < 1.29 is 9.53 Å². The maximum Gasteiger partial charge on any atom is 0.323 e. The molecule has 7 heteroatoms. The van der Waals surface area contributed by atoms with E-state index in [2.05, 4.69) is 27.6 Å². The molecule has 2 amide bonds. The second-order valence-corrected chi connectivity index (χ2v) is 5.79. The van der Waals surface area contributed by atoms with Gasteiger partial charge in [-0.2, -0.15) is 0 Å². The van der Waals surface area contributed by atoms with Gasteiger partial charge in [-0.05, 0) is 23.3 Å². The Kier molecular flexibility index (Phi) is 4.01. The molecule has 0 unspecified atom stereocenters. The number of ether oxygens (including phenoxy) is 1. The number of anilines is 1. The zero-order valence-corrected chi connectivity index (χ0v) is 12.5. The van der Waals surface area contributed by atoms with Crippen LogP contribution in [-0.4, -0.2) is 41.3 Å². The van der Waals surface area contributed by atoms with E-state index in [4.69, 9.17) is 4.74 Å². The number of carbonyl (C=O) groups excluding carboxylic acids is 1. The summed E-state index contributed by atoms with van der Waals surface area (Å²) in [7, 11) is 1.52. The fourth-order valence-corrected chi connectivity index (χ4v) is 3.01. The molecule has 0 saturated carbocycles. The lowest BCUT2D eigenvalue weighted by atomic mass is 9.99. The molecule has 0 bridgehead atoms. The SMILES string of the molecule is COc1nnc(NC(=O)N2CC[C@@H](c3ccccc3)C2)s1. The van der Waals surface area contributed by atoms with Gasteiger partial charge in [-0.15, -0.1) is 5.10 Å². The van der Waals surface area contributed by atoms with Gasteiger partial charge in [0.05, 0.1) is 7.11 Å². The summed E-state index contributed by atoms with van der Waals surface area (Å²) < 4.78 is 4.96. The van der Waals surface area contributed by atoms with Crippen LogP contribution in [0.4, 0.5) is 9.93 Å². The number of hydrogen-bond acceptors (Lipinski definition) is 5. The van der Waals surface area contributed by atoms with Gasteiger partial charge < -0.3 is 9.64 Å². The number of hydrogen-bond donors (Lipinski definition) is 1. The van der Waals surface area contributed by atoms with Crippen LogP contribution >= 0.6 is 11.3 Å². The normalized spacial score (nSPS) is 17.8. The van der Waals surface area contributed by atoms with E-state index in [1.807, 2.05) is 23.1 Å². The number of urea groups is 1. The van der Waals surface area contributed by atoms with E-state index in [0.29, 0.717) is 16.2 Å². The van der Waals surface area contributed by atoms with Gasteiger partial charge in [0, 0.05) is 19.0 Å². The number of carbonyl (C=O) groups is 1. The minimum absolute atomic E-state index is 0.132. The van der Waals surface area contributed by atoms with Crippen LogP contribution in [-0.2, 0) is 0 Å². The number of nitrogens with zero attached hydrogens (tertiary/aromatic N) is 3. The highest BCUT2D eigenvalue weighted by Crippen LogP contribution is 2.28. The van der Waals surface area contributed by atoms with Crippen LogP contribution in [0.5, 0.6) is 5.19 Å². The van der Waals surface area contributed by atoms with Crippen molar-refractivity contribution in [2.45, 2.75) is 12.3 Å². The molecule has 1 atom stereocenters. The Balaban J connectivity index is 1.59. The van der Waals surface area contributed by atoms with E-state index in [0.717, 1.165) is 19.5 Å². The number of amides is 2. The summed E-state index contributed by atoms with van der Waals surface area (Å²) in [4.78, 5) is 14.0. The Morgan fingerprint density at radius 2 is 2.19 bits per heavy atom. The van der Waals surface area contributed by atoms with Crippen molar-refractivity contribution in [2.75, 3.05) is 25.5 Å². The van der Waals surface area contributed by atoms with Gasteiger partial charge in [-0.25, -0.2) is 4.79 Å². The predicted octanol–water partition coefficient (Wildman–Crippen LogP) is 2.57. The van der Waals surface area contributed by atoms with E-state index >= 15 is 0 Å². The zero-order valence-electron chi connectivity index (χ0n) is 11.7. The van der Waals surface area contributed by atoms with Crippen molar-refractivity contribution in [2.24, 2.45) is 0 Å². The number of aromatic nitrogens is 2. The van der Waals surface area contributed by atoms with Crippen LogP contribution in [0.2, 0.25) is 0 Å². The molecular formula is C14H16N4O2S. The lowest BCUT2D eigenvalue weighted by Gasteiger charge is -2.16. The molecule has 2 heterocycles. The number of methoxy groups -OCH3 is 1. The lowest BCUT2D eigenvalue weighted by molar-refractivity contribution is 0.222. The Labute approximate surface area is 126 Å². The van der Waals surface area contributed by atoms with Crippen molar-refractivity contribution in [3.63, 3.8) is 0 Å². The van der Waals surface area contributed by atoms with Gasteiger partial charge in [0.2, 0.25) is 5.13 Å². The van der Waals surface area contributed by atoms with Crippen molar-refractivity contribution in [1.82, 2.24) is 15.1 Å². The Hall–Kier alpha value is -2.15. The van der Waals surface area contributed by atoms with E-state index in [1.165, 1.54) is 24.0 Å². The molecule has 21 heavy (non-hydrogen) atoms. The number of nitrogens with one attached hydrogen (secondary N) is 1. The summed E-state index contributed by atoms with van der Waals surface area (Å²) in [6.45, 7) is 1.48. The quantitative estimate of drug-likeness (QED) is 0.946. The third-order valence-electron chi connectivity index (χ3n) is 3.54. The molecule has 1 aromatic carbocycles. The second kappa shape index (κ2) is 6.09. The highest BCUT2D eigenvalue weighted by Gasteiger charge is 2.27. The maximum atomic E-state index is 12.2. The number of likely N-dealkylation sites (tertiary alicyclic amines) is 1. The minimum Gasteiger partial charge on any atom is -0.472 e. The van der Waals surface area contributed by atoms with E-state index in [-0.39, 0.29) is 6.03 Å². The molecule has 6 nitrogen and oxygen atoms in total. The van der Waals surface area contributed by atoms with Crippen LogP contribution in [0.3, 0.4) is 0 Å². The number of rotatable bonds is 3. The van der Waals surface area contributed by atoms with Crippen LogP contribution in [0.1, 0.15) is 17.9 Å². The molecule has 1 fully saturated rings. The molecule has 0 radical (unpaired) electrons. The highest BCUT2D eigenvalue weighted by atomic mass is 32.1. The molecule has 0 aliphatic carbocycles. The molecule has 1 N–H and O–H groups in total. The van der Waals surface area contributed by atoms with Crippen LogP contribution in [0.25, 0.3) is 0 Å². The largest absolute Gasteiger partial charge is 0.472 e. The van der Waals surface area contributed by atoms with E-state index in [9.17, 15) is 4.79 Å². The molecule has 1 aromatic heterocycles. The molecule has 2 aromatic rings. The first kappa shape index (κ1) is 13.8.